The smallest absolute Gasteiger partial charge is 0.0645 e. The predicted octanol–water partition coefficient (Wildman–Crippen LogP) is 10.9. The third-order valence-electron chi connectivity index (χ3n) is 10.3. The first kappa shape index (κ1) is 32.4. The Kier molecular flexibility index (Phi) is 9.76. The molecular weight excluding hydrogens is 473 g/mol. The molecule has 0 unspecified atom stereocenters. The molecule has 0 aliphatic carbocycles. The standard InChI is InChI=1S/C30H62Si4/c1-19-23-24(20-2)32(34(18,29(11,12)13)30(14,15)16)26(22-4)25(21-3)31(23)33(17,27(5,6)7)28(8,9)10/h19-22H2,1-18H3/q-2. The van der Waals surface area contributed by atoms with Gasteiger partial charge in [0.15, 0.2) is 0 Å². The van der Waals surface area contributed by atoms with Gasteiger partial charge in [-0.1, -0.05) is 185 Å². The lowest BCUT2D eigenvalue weighted by molar-refractivity contribution is 0.633. The Morgan fingerprint density at radius 2 is 0.559 bits per heavy atom. The van der Waals surface area contributed by atoms with Crippen molar-refractivity contribution in [2.24, 2.45) is 0 Å². The van der Waals surface area contributed by atoms with Gasteiger partial charge in [-0.3, -0.25) is 37.4 Å². The van der Waals surface area contributed by atoms with Crippen LogP contribution in [0.4, 0.5) is 0 Å². The summed E-state index contributed by atoms with van der Waals surface area (Å²) >= 11 is 0. The second-order valence-corrected chi connectivity index (χ2v) is 38.7. The van der Waals surface area contributed by atoms with Gasteiger partial charge in [0.2, 0.25) is 0 Å². The molecule has 0 saturated carbocycles. The van der Waals surface area contributed by atoms with Crippen molar-refractivity contribution < 1.29 is 0 Å². The van der Waals surface area contributed by atoms with Crippen LogP contribution >= 0.6 is 0 Å². The molecule has 1 heterocycles. The monoisotopic (exact) mass is 534 g/mol. The summed E-state index contributed by atoms with van der Waals surface area (Å²) in [7, 11) is -4.87. The SMILES string of the molecule is CCC1=C(CC)[Si-]([Si](C)(C(C)(C)C)C(C)(C)C)C(CC)=C(CC)[Si-]1[Si](C)(C(C)(C)C)C(C)(C)C. The van der Waals surface area contributed by atoms with Crippen LogP contribution in [-0.4, -0.2) is 31.8 Å². The molecule has 1 rings (SSSR count). The summed E-state index contributed by atoms with van der Waals surface area (Å²) in [5, 5.41) is 9.66. The maximum Gasteiger partial charge on any atom is -0.0645 e. The second-order valence-electron chi connectivity index (χ2n) is 15.3. The largest absolute Gasteiger partial charge is 0.265 e. The maximum absolute atomic E-state index is 2.83. The van der Waals surface area contributed by atoms with Crippen LogP contribution in [0.3, 0.4) is 0 Å². The van der Waals surface area contributed by atoms with Crippen LogP contribution in [0.5, 0.6) is 0 Å². The summed E-state index contributed by atoms with van der Waals surface area (Å²) in [6.07, 6.45) is 5.17. The van der Waals surface area contributed by atoms with Crippen molar-refractivity contribution in [2.45, 2.75) is 170 Å². The van der Waals surface area contributed by atoms with E-state index < -0.39 is 31.8 Å². The molecule has 1 aliphatic heterocycles. The third-order valence-corrected chi connectivity index (χ3v) is 48.5. The Labute approximate surface area is 221 Å². The van der Waals surface area contributed by atoms with Gasteiger partial charge in [-0.2, -0.15) is 0 Å². The molecule has 34 heavy (non-hydrogen) atoms. The normalized spacial score (nSPS) is 17.8. The molecule has 4 heteroatoms. The minimum Gasteiger partial charge on any atom is -0.265 e. The molecule has 0 aromatic carbocycles. The zero-order valence-electron chi connectivity index (χ0n) is 26.8. The first-order valence-electron chi connectivity index (χ1n) is 14.2. The highest BCUT2D eigenvalue weighted by Gasteiger charge is 2.50. The minimum absolute atomic E-state index is 0.400. The summed E-state index contributed by atoms with van der Waals surface area (Å²) in [5.41, 5.74) is 0. The Morgan fingerprint density at radius 3 is 0.647 bits per heavy atom. The molecule has 200 valence electrons. The van der Waals surface area contributed by atoms with Crippen LogP contribution in [0.2, 0.25) is 33.2 Å². The molecular formula is C30H62Si4-2. The highest BCUT2D eigenvalue weighted by molar-refractivity contribution is 7.44. The fourth-order valence-electron chi connectivity index (χ4n) is 7.49. The molecule has 1 aliphatic rings. The van der Waals surface area contributed by atoms with Gasteiger partial charge in [-0.25, -0.2) is 0 Å². The summed E-state index contributed by atoms with van der Waals surface area (Å²) in [6, 6.07) is 0. The van der Waals surface area contributed by atoms with Crippen molar-refractivity contribution in [3.63, 3.8) is 0 Å². The van der Waals surface area contributed by atoms with Crippen molar-refractivity contribution in [3.8, 4) is 0 Å². The molecule has 0 spiro atoms. The summed E-state index contributed by atoms with van der Waals surface area (Å²) < 4.78 is 0. The topological polar surface area (TPSA) is 0 Å². The number of rotatable bonds is 6. The van der Waals surface area contributed by atoms with E-state index in [4.69, 9.17) is 0 Å². The van der Waals surface area contributed by atoms with E-state index in [9.17, 15) is 0 Å². The van der Waals surface area contributed by atoms with Crippen LogP contribution in [0.15, 0.2) is 20.8 Å². The van der Waals surface area contributed by atoms with E-state index in [1.165, 1.54) is 25.7 Å². The average Bonchev–Trinajstić information content (AvgIpc) is 2.66. The number of hydrogen-bond acceptors (Lipinski definition) is 0. The van der Waals surface area contributed by atoms with Gasteiger partial charge in [-0.05, 0) is 0 Å². The predicted molar refractivity (Wildman–Crippen MR) is 169 cm³/mol. The summed E-state index contributed by atoms with van der Waals surface area (Å²) in [5.74, 6) is 0. The third kappa shape index (κ3) is 4.92. The van der Waals surface area contributed by atoms with Crippen LogP contribution in [-0.2, 0) is 0 Å². The molecule has 0 fully saturated rings. The lowest BCUT2D eigenvalue weighted by atomic mass is 10.2. The van der Waals surface area contributed by atoms with Crippen molar-refractivity contribution >= 4 is 31.8 Å². The number of hydrogen-bond donors (Lipinski definition) is 0. The highest BCUT2D eigenvalue weighted by Crippen LogP contribution is 2.60. The van der Waals surface area contributed by atoms with Gasteiger partial charge in [-0.15, -0.1) is 0 Å². The Morgan fingerprint density at radius 1 is 0.412 bits per heavy atom. The quantitative estimate of drug-likeness (QED) is 0.297. The Bertz CT molecular complexity index is 664. The molecule has 0 amide bonds. The zero-order valence-corrected chi connectivity index (χ0v) is 30.8. The first-order valence-corrected chi connectivity index (χ1v) is 24.2. The van der Waals surface area contributed by atoms with Crippen molar-refractivity contribution in [1.29, 1.82) is 0 Å². The van der Waals surface area contributed by atoms with Gasteiger partial charge in [0.1, 0.15) is 0 Å². The molecule has 0 aromatic rings. The van der Waals surface area contributed by atoms with Crippen molar-refractivity contribution in [3.05, 3.63) is 20.8 Å². The van der Waals surface area contributed by atoms with Gasteiger partial charge in [0.25, 0.3) is 0 Å². The molecule has 0 saturated heterocycles. The molecule has 0 radical (unpaired) electrons. The fraction of sp³-hybridized carbons (Fsp3) is 0.867. The molecule has 0 atom stereocenters. The summed E-state index contributed by atoms with van der Waals surface area (Å²) in [6.45, 7) is 46.9. The van der Waals surface area contributed by atoms with Gasteiger partial charge in [0.05, 0.1) is 0 Å². The van der Waals surface area contributed by atoms with Crippen LogP contribution < -0.4 is 0 Å². The zero-order chi connectivity index (χ0) is 27.3. The molecule has 0 N–H and O–H groups in total. The second kappa shape index (κ2) is 10.2. The van der Waals surface area contributed by atoms with Crippen molar-refractivity contribution in [2.75, 3.05) is 0 Å². The fourth-order valence-corrected chi connectivity index (χ4v) is 44.6. The lowest BCUT2D eigenvalue weighted by Gasteiger charge is -2.74. The van der Waals surface area contributed by atoms with E-state index >= 15 is 0 Å². The van der Waals surface area contributed by atoms with E-state index in [-0.39, 0.29) is 0 Å². The highest BCUT2D eigenvalue weighted by atomic mass is 29.2. The Hall–Kier alpha value is 0.348. The van der Waals surface area contributed by atoms with Crippen LogP contribution in [0.1, 0.15) is 136 Å². The van der Waals surface area contributed by atoms with Gasteiger partial charge in [0, 0.05) is 0 Å². The van der Waals surface area contributed by atoms with Gasteiger partial charge >= 0.3 is 0 Å². The van der Waals surface area contributed by atoms with E-state index in [1.54, 1.807) is 0 Å². The Balaban J connectivity index is 4.36. The number of allylic oxidation sites excluding steroid dienone is 4. The van der Waals surface area contributed by atoms with Crippen LogP contribution in [0, 0.1) is 0 Å². The molecule has 0 nitrogen and oxygen atoms in total. The average molecular weight is 535 g/mol. The first-order chi connectivity index (χ1) is 15.0. The van der Waals surface area contributed by atoms with E-state index in [0.29, 0.717) is 20.2 Å². The van der Waals surface area contributed by atoms with Crippen LogP contribution in [0.25, 0.3) is 0 Å². The van der Waals surface area contributed by atoms with E-state index in [0.717, 1.165) is 0 Å². The lowest BCUT2D eigenvalue weighted by Crippen LogP contribution is -2.68. The molecule has 0 bridgehead atoms. The van der Waals surface area contributed by atoms with Crippen molar-refractivity contribution in [1.82, 2.24) is 0 Å². The minimum atomic E-state index is -1.70. The van der Waals surface area contributed by atoms with E-state index in [1.807, 2.05) is 20.8 Å². The summed E-state index contributed by atoms with van der Waals surface area (Å²) in [4.78, 5) is 0. The van der Waals surface area contributed by atoms with E-state index in [2.05, 4.69) is 124 Å². The maximum atomic E-state index is 2.83. The van der Waals surface area contributed by atoms with Gasteiger partial charge < -0.3 is 0 Å². The molecule has 0 aromatic heterocycles.